The topological polar surface area (TPSA) is 62.4 Å². The maximum Gasteiger partial charge on any atom is 0.319 e. The van der Waals surface area contributed by atoms with Crippen molar-refractivity contribution in [3.8, 4) is 0 Å². The first kappa shape index (κ1) is 15.9. The van der Waals surface area contributed by atoms with E-state index in [4.69, 9.17) is 4.74 Å². The molecule has 1 aromatic heterocycles. The predicted octanol–water partition coefficient (Wildman–Crippen LogP) is 2.78. The van der Waals surface area contributed by atoms with Gasteiger partial charge in [-0.2, -0.15) is 0 Å². The van der Waals surface area contributed by atoms with Gasteiger partial charge in [0.1, 0.15) is 5.41 Å². The smallest absolute Gasteiger partial charge is 0.319 e. The van der Waals surface area contributed by atoms with E-state index in [2.05, 4.69) is 24.0 Å². The molecule has 0 unspecified atom stereocenters. The normalized spacial score (nSPS) is 32.5. The molecule has 5 nitrogen and oxygen atoms in total. The lowest BCUT2D eigenvalue weighted by Crippen LogP contribution is -2.69. The highest BCUT2D eigenvalue weighted by molar-refractivity contribution is 5.95. The van der Waals surface area contributed by atoms with E-state index in [1.54, 1.807) is 0 Å². The minimum Gasteiger partial charge on any atom is -0.468 e. The van der Waals surface area contributed by atoms with Crippen molar-refractivity contribution in [3.63, 3.8) is 0 Å². The van der Waals surface area contributed by atoms with Crippen molar-refractivity contribution in [3.05, 3.63) is 35.5 Å². The van der Waals surface area contributed by atoms with Crippen molar-refractivity contribution in [1.29, 1.82) is 0 Å². The molecule has 2 aromatic rings. The fourth-order valence-corrected chi connectivity index (χ4v) is 6.02. The van der Waals surface area contributed by atoms with Crippen LogP contribution in [0.25, 0.3) is 10.9 Å². The summed E-state index contributed by atoms with van der Waals surface area (Å²) in [5.41, 5.74) is 2.48. The van der Waals surface area contributed by atoms with Gasteiger partial charge in [0.15, 0.2) is 0 Å². The fraction of sp³-hybridized carbons (Fsp3) is 0.524. The van der Waals surface area contributed by atoms with Gasteiger partial charge in [-0.3, -0.25) is 9.59 Å². The minimum absolute atomic E-state index is 0.0820. The molecule has 2 saturated heterocycles. The second kappa shape index (κ2) is 5.35. The molecule has 0 spiro atoms. The number of esters is 1. The Hall–Kier alpha value is -2.30. The number of hydrogen-bond acceptors (Lipinski definition) is 3. The van der Waals surface area contributed by atoms with Gasteiger partial charge in [0.2, 0.25) is 5.91 Å². The van der Waals surface area contributed by atoms with Crippen LogP contribution in [0.15, 0.2) is 24.3 Å². The summed E-state index contributed by atoms with van der Waals surface area (Å²) in [5.74, 6) is 0.288. The van der Waals surface area contributed by atoms with Crippen molar-refractivity contribution < 1.29 is 14.3 Å². The number of carbonyl (C=O) groups is 2. The second-order valence-corrected chi connectivity index (χ2v) is 8.02. The van der Waals surface area contributed by atoms with Gasteiger partial charge in [0, 0.05) is 29.1 Å². The number of rotatable bonds is 2. The Morgan fingerprint density at radius 2 is 2.19 bits per heavy atom. The number of piperidine rings is 2. The molecule has 6 rings (SSSR count). The average molecular weight is 352 g/mol. The molecule has 1 N–H and O–H groups in total. The van der Waals surface area contributed by atoms with Crippen LogP contribution < -0.4 is 0 Å². The van der Waals surface area contributed by atoms with E-state index in [1.165, 1.54) is 12.7 Å². The number of H-pyrrole nitrogens is 1. The summed E-state index contributed by atoms with van der Waals surface area (Å²) in [5, 5.41) is 1.16. The molecule has 0 radical (unpaired) electrons. The Labute approximate surface area is 152 Å². The number of nitrogens with zero attached hydrogens (tertiary/aromatic N) is 1. The molecular formula is C21H24N2O3. The summed E-state index contributed by atoms with van der Waals surface area (Å²) in [6.07, 6.45) is 3.21. The highest BCUT2D eigenvalue weighted by Crippen LogP contribution is 2.55. The lowest BCUT2D eigenvalue weighted by Gasteiger charge is -2.57. The molecule has 4 heterocycles. The molecular weight excluding hydrogens is 328 g/mol. The number of aromatic amines is 1. The lowest BCUT2D eigenvalue weighted by molar-refractivity contribution is -0.172. The van der Waals surface area contributed by atoms with Crippen LogP contribution in [-0.2, 0) is 26.2 Å². The van der Waals surface area contributed by atoms with E-state index in [0.29, 0.717) is 18.9 Å². The highest BCUT2D eigenvalue weighted by atomic mass is 16.5. The van der Waals surface area contributed by atoms with E-state index >= 15 is 0 Å². The molecule has 1 aliphatic carbocycles. The van der Waals surface area contributed by atoms with Gasteiger partial charge in [-0.05, 0) is 36.8 Å². The first-order chi connectivity index (χ1) is 12.6. The van der Waals surface area contributed by atoms with Gasteiger partial charge >= 0.3 is 5.97 Å². The monoisotopic (exact) mass is 352 g/mol. The maximum absolute atomic E-state index is 13.3. The van der Waals surface area contributed by atoms with Gasteiger partial charge in [-0.15, -0.1) is 0 Å². The zero-order chi connectivity index (χ0) is 18.1. The average Bonchev–Trinajstić information content (AvgIpc) is 3.00. The Balaban J connectivity index is 1.83. The SMILES string of the molecule is CC[C@H]1C[C@@H]2C[C@@]3(C(=O)OC)c4[nH]c5ccccc5c4CCN(C2=O)[C@@H]13. The van der Waals surface area contributed by atoms with Crippen LogP contribution in [0.1, 0.15) is 37.4 Å². The van der Waals surface area contributed by atoms with E-state index in [9.17, 15) is 9.59 Å². The second-order valence-electron chi connectivity index (χ2n) is 8.02. The first-order valence-electron chi connectivity index (χ1n) is 9.60. The standard InChI is InChI=1S/C21H24N2O3/c1-3-12-10-13-11-21(20(25)26-2)17-15(8-9-23(18(12)21)19(13)24)14-6-4-5-7-16(14)22-17/h4-7,12-13,18,22H,3,8-11H2,1-2H3/t12-,13+,18-,21+/m0/s1. The Kier molecular flexibility index (Phi) is 3.27. The molecule has 4 aliphatic rings. The third-order valence-corrected chi connectivity index (χ3v) is 7.01. The lowest BCUT2D eigenvalue weighted by atomic mass is 9.56. The van der Waals surface area contributed by atoms with Crippen molar-refractivity contribution in [2.45, 2.75) is 44.1 Å². The van der Waals surface area contributed by atoms with Crippen molar-refractivity contribution in [2.75, 3.05) is 13.7 Å². The number of benzene rings is 1. The summed E-state index contributed by atoms with van der Waals surface area (Å²) < 4.78 is 5.36. The third kappa shape index (κ3) is 1.76. The van der Waals surface area contributed by atoms with Crippen molar-refractivity contribution in [2.24, 2.45) is 11.8 Å². The Morgan fingerprint density at radius 1 is 1.38 bits per heavy atom. The Bertz CT molecular complexity index is 917. The maximum atomic E-state index is 13.3. The molecule has 136 valence electrons. The van der Waals surface area contributed by atoms with Crippen molar-refractivity contribution >= 4 is 22.8 Å². The first-order valence-corrected chi connectivity index (χ1v) is 9.60. The molecule has 3 fully saturated rings. The molecule has 4 bridgehead atoms. The zero-order valence-electron chi connectivity index (χ0n) is 15.2. The third-order valence-electron chi connectivity index (χ3n) is 7.01. The molecule has 4 atom stereocenters. The van der Waals surface area contributed by atoms with Crippen LogP contribution in [0.3, 0.4) is 0 Å². The largest absolute Gasteiger partial charge is 0.468 e. The highest BCUT2D eigenvalue weighted by Gasteiger charge is 2.65. The van der Waals surface area contributed by atoms with E-state index < -0.39 is 5.41 Å². The number of carbonyl (C=O) groups excluding carboxylic acids is 2. The van der Waals surface area contributed by atoms with Crippen molar-refractivity contribution in [1.82, 2.24) is 9.88 Å². The quantitative estimate of drug-likeness (QED) is 0.846. The molecule has 1 saturated carbocycles. The van der Waals surface area contributed by atoms with Crippen LogP contribution in [0.4, 0.5) is 0 Å². The van der Waals surface area contributed by atoms with Crippen LogP contribution in [0.5, 0.6) is 0 Å². The van der Waals surface area contributed by atoms with Crippen LogP contribution in [0, 0.1) is 11.8 Å². The minimum atomic E-state index is -0.767. The van der Waals surface area contributed by atoms with Crippen LogP contribution in [-0.4, -0.2) is 41.5 Å². The summed E-state index contributed by atoms with van der Waals surface area (Å²) in [6, 6.07) is 8.12. The number of para-hydroxylation sites is 1. The summed E-state index contributed by atoms with van der Waals surface area (Å²) in [7, 11) is 1.47. The molecule has 5 heteroatoms. The summed E-state index contributed by atoms with van der Waals surface area (Å²) in [4.78, 5) is 31.8. The van der Waals surface area contributed by atoms with Crippen LogP contribution >= 0.6 is 0 Å². The van der Waals surface area contributed by atoms with Gasteiger partial charge in [-0.1, -0.05) is 31.5 Å². The number of ether oxygens (including phenoxy) is 1. The number of amides is 1. The number of aromatic nitrogens is 1. The van der Waals surface area contributed by atoms with Gasteiger partial charge < -0.3 is 14.6 Å². The van der Waals surface area contributed by atoms with E-state index in [-0.39, 0.29) is 23.8 Å². The zero-order valence-corrected chi connectivity index (χ0v) is 15.2. The van der Waals surface area contributed by atoms with E-state index in [0.717, 1.165) is 35.9 Å². The van der Waals surface area contributed by atoms with Crippen LogP contribution in [0.2, 0.25) is 0 Å². The van der Waals surface area contributed by atoms with Gasteiger partial charge in [0.25, 0.3) is 0 Å². The number of hydrogen-bond donors (Lipinski definition) is 1. The van der Waals surface area contributed by atoms with Gasteiger partial charge in [-0.25, -0.2) is 0 Å². The molecule has 1 aromatic carbocycles. The summed E-state index contributed by atoms with van der Waals surface area (Å²) in [6.45, 7) is 2.85. The predicted molar refractivity (Wildman–Crippen MR) is 97.7 cm³/mol. The number of methoxy groups -OCH3 is 1. The number of nitrogens with one attached hydrogen (secondary N) is 1. The molecule has 26 heavy (non-hydrogen) atoms. The Morgan fingerprint density at radius 3 is 2.96 bits per heavy atom. The van der Waals surface area contributed by atoms with E-state index in [1.807, 2.05) is 17.0 Å². The number of fused-ring (bicyclic) bond motifs is 4. The summed E-state index contributed by atoms with van der Waals surface area (Å²) >= 11 is 0. The molecule has 1 amide bonds. The molecule has 3 aliphatic heterocycles. The fourth-order valence-electron chi connectivity index (χ4n) is 6.02. The van der Waals surface area contributed by atoms with Gasteiger partial charge in [0.05, 0.1) is 13.2 Å².